The third-order valence-corrected chi connectivity index (χ3v) is 12.8. The minimum absolute atomic E-state index is 0.538. The second kappa shape index (κ2) is 18.2. The molecule has 4 aromatic heterocycles. The zero-order valence-electron chi connectivity index (χ0n) is 38.5. The number of nitrogens with zero attached hydrogens (tertiary/aromatic N) is 9. The molecule has 0 radical (unpaired) electrons. The van der Waals surface area contributed by atoms with Crippen LogP contribution in [0.5, 0.6) is 0 Å². The Morgan fingerprint density at radius 3 is 0.639 bits per heavy atom. The average molecular weight is 922 g/mol. The van der Waals surface area contributed by atoms with E-state index in [0.29, 0.717) is 34.9 Å². The molecule has 9 aromatic carbocycles. The lowest BCUT2D eigenvalue weighted by Gasteiger charge is -2.12. The summed E-state index contributed by atoms with van der Waals surface area (Å²) in [5.41, 5.74) is 13.4. The van der Waals surface area contributed by atoms with Crippen molar-refractivity contribution < 1.29 is 0 Å². The lowest BCUT2D eigenvalue weighted by molar-refractivity contribution is 1.07. The molecule has 4 heterocycles. The molecule has 0 aliphatic heterocycles. The van der Waals surface area contributed by atoms with Gasteiger partial charge in [0.2, 0.25) is 0 Å². The van der Waals surface area contributed by atoms with Gasteiger partial charge in [0, 0.05) is 66.2 Å². The van der Waals surface area contributed by atoms with E-state index in [-0.39, 0.29) is 0 Å². The Morgan fingerprint density at radius 2 is 0.361 bits per heavy atom. The van der Waals surface area contributed by atoms with Crippen LogP contribution in [0.15, 0.2) is 237 Å². The van der Waals surface area contributed by atoms with Crippen molar-refractivity contribution in [1.82, 2.24) is 44.9 Å². The van der Waals surface area contributed by atoms with Crippen LogP contribution in [0.4, 0.5) is 0 Å². The van der Waals surface area contributed by atoms with E-state index in [4.69, 9.17) is 44.9 Å². The van der Waals surface area contributed by atoms with Crippen LogP contribution in [-0.2, 0) is 0 Å². The molecule has 13 rings (SSSR count). The molecule has 336 valence electrons. The molecule has 72 heavy (non-hydrogen) atoms. The monoisotopic (exact) mass is 921 g/mol. The van der Waals surface area contributed by atoms with Crippen molar-refractivity contribution >= 4 is 32.7 Å². The van der Waals surface area contributed by atoms with E-state index in [1.807, 2.05) is 146 Å². The van der Waals surface area contributed by atoms with Gasteiger partial charge in [0.05, 0.1) is 33.6 Å². The molecule has 0 unspecified atom stereocenters. The Labute approximate surface area is 414 Å². The molecule has 0 saturated heterocycles. The van der Waals surface area contributed by atoms with Crippen LogP contribution in [-0.4, -0.2) is 44.9 Å². The van der Waals surface area contributed by atoms with Crippen LogP contribution in [0.3, 0.4) is 0 Å². The lowest BCUT2D eigenvalue weighted by Crippen LogP contribution is -2.01. The van der Waals surface area contributed by atoms with Gasteiger partial charge in [0.15, 0.2) is 34.9 Å². The smallest absolute Gasteiger partial charge is 0.164 e. The molecule has 0 bridgehead atoms. The predicted molar refractivity (Wildman–Crippen MR) is 288 cm³/mol. The number of benzene rings is 9. The van der Waals surface area contributed by atoms with Crippen LogP contribution >= 0.6 is 0 Å². The van der Waals surface area contributed by atoms with Crippen molar-refractivity contribution in [3.8, 4) is 102 Å². The molecule has 13 aromatic rings. The van der Waals surface area contributed by atoms with Crippen LogP contribution in [0, 0.1) is 0 Å². The van der Waals surface area contributed by atoms with Gasteiger partial charge in [-0.2, -0.15) is 0 Å². The molecule has 9 heteroatoms. The van der Waals surface area contributed by atoms with E-state index in [9.17, 15) is 0 Å². The zero-order chi connectivity index (χ0) is 47.8. The molecule has 0 atom stereocenters. The van der Waals surface area contributed by atoms with E-state index in [2.05, 4.69) is 91.0 Å². The summed E-state index contributed by atoms with van der Waals surface area (Å²) < 4.78 is 0. The molecule has 0 saturated carbocycles. The number of para-hydroxylation sites is 3. The highest BCUT2D eigenvalue weighted by Gasteiger charge is 2.18. The highest BCUT2D eigenvalue weighted by atomic mass is 15.0. The molecule has 0 fully saturated rings. The fraction of sp³-hybridized carbons (Fsp3) is 0. The van der Waals surface area contributed by atoms with Crippen molar-refractivity contribution in [2.45, 2.75) is 0 Å². The first-order chi connectivity index (χ1) is 35.6. The first kappa shape index (κ1) is 42.1. The highest BCUT2D eigenvalue weighted by molar-refractivity contribution is 5.96. The highest BCUT2D eigenvalue weighted by Crippen LogP contribution is 2.35. The first-order valence-corrected chi connectivity index (χ1v) is 23.7. The minimum Gasteiger partial charge on any atom is -0.228 e. The molecular weight excluding hydrogens is 883 g/mol. The second-order valence-electron chi connectivity index (χ2n) is 17.4. The summed E-state index contributed by atoms with van der Waals surface area (Å²) in [6, 6.07) is 79.4. The zero-order valence-corrected chi connectivity index (χ0v) is 38.5. The maximum atomic E-state index is 5.16. The minimum atomic E-state index is 0.538. The van der Waals surface area contributed by atoms with Crippen LogP contribution in [0.25, 0.3) is 135 Å². The van der Waals surface area contributed by atoms with Crippen molar-refractivity contribution in [1.29, 1.82) is 0 Å². The van der Waals surface area contributed by atoms with Gasteiger partial charge in [-0.05, 0) is 18.2 Å². The van der Waals surface area contributed by atoms with Gasteiger partial charge in [-0.25, -0.2) is 44.9 Å². The third kappa shape index (κ3) is 8.06. The SMILES string of the molecule is c1ccc(-c2nc(-c3ccc(-c4nc(-c5ccc(-c6nc(-c7ccccc7)nc7ccccc67)cc5)nc(-c5ccc(-c6nc(-c7ccccc7)nc7ccccc67)cc5)n4)cc3)c3ccccc3n2)cc1. The maximum absolute atomic E-state index is 5.16. The fourth-order valence-corrected chi connectivity index (χ4v) is 9.13. The maximum Gasteiger partial charge on any atom is 0.164 e. The van der Waals surface area contributed by atoms with Gasteiger partial charge >= 0.3 is 0 Å². The van der Waals surface area contributed by atoms with Gasteiger partial charge in [-0.15, -0.1) is 0 Å². The predicted octanol–water partition coefficient (Wildman–Crippen LogP) is 14.7. The van der Waals surface area contributed by atoms with E-state index in [1.165, 1.54) is 0 Å². The summed E-state index contributed by atoms with van der Waals surface area (Å²) >= 11 is 0. The van der Waals surface area contributed by atoms with Crippen molar-refractivity contribution in [3.05, 3.63) is 237 Å². The number of rotatable bonds is 9. The number of hydrogen-bond acceptors (Lipinski definition) is 9. The summed E-state index contributed by atoms with van der Waals surface area (Å²) in [4.78, 5) is 45.6. The second-order valence-corrected chi connectivity index (χ2v) is 17.4. The van der Waals surface area contributed by atoms with E-state index in [1.54, 1.807) is 0 Å². The Kier molecular flexibility index (Phi) is 10.6. The summed E-state index contributed by atoms with van der Waals surface area (Å²) in [6.45, 7) is 0. The largest absolute Gasteiger partial charge is 0.228 e. The Hall–Kier alpha value is -9.99. The molecular formula is C63H39N9. The van der Waals surface area contributed by atoms with Gasteiger partial charge in [0.25, 0.3) is 0 Å². The standard InChI is InChI=1S/C63H39N9/c1-4-16-43(17-5-1)58-64-52-25-13-10-22-49(52)55(67-58)40-28-34-46(35-29-40)61-70-62(47-36-30-41(31-37-47)56-50-23-11-14-26-53(50)65-59(68-56)44-18-6-2-7-19-44)72-63(71-61)48-38-32-42(33-39-48)57-51-24-12-15-27-54(51)66-60(69-57)45-20-8-3-9-21-45/h1-39H. The molecule has 0 N–H and O–H groups in total. The summed E-state index contributed by atoms with van der Waals surface area (Å²) in [5, 5.41) is 2.91. The van der Waals surface area contributed by atoms with Gasteiger partial charge < -0.3 is 0 Å². The van der Waals surface area contributed by atoms with Crippen molar-refractivity contribution in [2.75, 3.05) is 0 Å². The fourth-order valence-electron chi connectivity index (χ4n) is 9.13. The van der Waals surface area contributed by atoms with Crippen molar-refractivity contribution in [3.63, 3.8) is 0 Å². The Balaban J connectivity index is 0.910. The summed E-state index contributed by atoms with van der Waals surface area (Å²) in [5.74, 6) is 3.63. The topological polar surface area (TPSA) is 116 Å². The number of fused-ring (bicyclic) bond motifs is 3. The molecule has 0 spiro atoms. The van der Waals surface area contributed by atoms with Gasteiger partial charge in [-0.3, -0.25) is 0 Å². The summed E-state index contributed by atoms with van der Waals surface area (Å²) in [6.07, 6.45) is 0. The molecule has 0 aliphatic carbocycles. The lowest BCUT2D eigenvalue weighted by atomic mass is 10.0. The quantitative estimate of drug-likeness (QED) is 0.139. The summed E-state index contributed by atoms with van der Waals surface area (Å²) in [7, 11) is 0. The molecule has 0 aliphatic rings. The molecule has 0 amide bonds. The number of hydrogen-bond donors (Lipinski definition) is 0. The Bertz CT molecular complexity index is 3670. The van der Waals surface area contributed by atoms with E-state index in [0.717, 1.165) is 99.9 Å². The normalized spacial score (nSPS) is 11.3. The first-order valence-electron chi connectivity index (χ1n) is 23.7. The van der Waals surface area contributed by atoms with E-state index < -0.39 is 0 Å². The Morgan fingerprint density at radius 1 is 0.153 bits per heavy atom. The van der Waals surface area contributed by atoms with E-state index >= 15 is 0 Å². The number of aromatic nitrogens is 9. The molecule has 9 nitrogen and oxygen atoms in total. The third-order valence-electron chi connectivity index (χ3n) is 12.8. The van der Waals surface area contributed by atoms with Gasteiger partial charge in [-0.1, -0.05) is 218 Å². The average Bonchev–Trinajstić information content (AvgIpc) is 3.47. The van der Waals surface area contributed by atoms with Crippen LogP contribution < -0.4 is 0 Å². The van der Waals surface area contributed by atoms with Crippen LogP contribution in [0.1, 0.15) is 0 Å². The van der Waals surface area contributed by atoms with Crippen LogP contribution in [0.2, 0.25) is 0 Å². The van der Waals surface area contributed by atoms with Gasteiger partial charge in [0.1, 0.15) is 0 Å². The van der Waals surface area contributed by atoms with Crippen molar-refractivity contribution in [2.24, 2.45) is 0 Å².